The molecule has 5 nitrogen and oxygen atoms in total. The molecule has 0 atom stereocenters. The van der Waals surface area contributed by atoms with Gasteiger partial charge in [-0.25, -0.2) is 4.98 Å². The van der Waals surface area contributed by atoms with Gasteiger partial charge in [-0.15, -0.1) is 0 Å². The summed E-state index contributed by atoms with van der Waals surface area (Å²) in [5.74, 6) is 0.768. The Labute approximate surface area is 168 Å². The Morgan fingerprint density at radius 3 is 2.41 bits per heavy atom. The summed E-state index contributed by atoms with van der Waals surface area (Å²) in [6.45, 7) is 3.87. The van der Waals surface area contributed by atoms with Crippen molar-refractivity contribution in [1.82, 2.24) is 19.7 Å². The molecule has 0 saturated carbocycles. The lowest BCUT2D eigenvalue weighted by atomic mass is 10.0. The molecular formula is C24H20N4O. The van der Waals surface area contributed by atoms with E-state index >= 15 is 0 Å². The van der Waals surface area contributed by atoms with Crippen LogP contribution in [0.2, 0.25) is 0 Å². The number of fused-ring (bicyclic) bond motifs is 1. The molecule has 4 aromatic heterocycles. The SMILES string of the molecule is Cc1noc(C)c1-c1cc2c(cc(-c3ccccc3)n2C)c(-c2cccnc2)n1. The molecule has 0 bridgehead atoms. The standard InChI is InChI=1S/C24H20N4O/c1-15-23(16(2)29-27-15)20-13-22-19(24(26-20)18-10-7-11-25-14-18)12-21(28(22)3)17-8-5-4-6-9-17/h4-14H,1-3H3. The van der Waals surface area contributed by atoms with Crippen molar-refractivity contribution in [3.8, 4) is 33.8 Å². The van der Waals surface area contributed by atoms with Gasteiger partial charge in [0.2, 0.25) is 0 Å². The van der Waals surface area contributed by atoms with Crippen LogP contribution < -0.4 is 0 Å². The summed E-state index contributed by atoms with van der Waals surface area (Å²) in [6.07, 6.45) is 3.63. The van der Waals surface area contributed by atoms with Crippen LogP contribution in [0.3, 0.4) is 0 Å². The van der Waals surface area contributed by atoms with Gasteiger partial charge in [-0.3, -0.25) is 4.98 Å². The fourth-order valence-corrected chi connectivity index (χ4v) is 3.91. The van der Waals surface area contributed by atoms with E-state index in [2.05, 4.69) is 58.2 Å². The Morgan fingerprint density at radius 2 is 1.72 bits per heavy atom. The summed E-state index contributed by atoms with van der Waals surface area (Å²) in [5.41, 5.74) is 7.94. The van der Waals surface area contributed by atoms with Gasteiger partial charge in [0, 0.05) is 36.1 Å². The number of benzene rings is 1. The fraction of sp³-hybridized carbons (Fsp3) is 0.125. The highest BCUT2D eigenvalue weighted by atomic mass is 16.5. The zero-order valence-electron chi connectivity index (χ0n) is 16.5. The lowest BCUT2D eigenvalue weighted by molar-refractivity contribution is 0.393. The average molecular weight is 380 g/mol. The van der Waals surface area contributed by atoms with E-state index in [9.17, 15) is 0 Å². The average Bonchev–Trinajstić information content (AvgIpc) is 3.27. The van der Waals surface area contributed by atoms with Gasteiger partial charge in [-0.2, -0.15) is 0 Å². The maximum atomic E-state index is 5.40. The van der Waals surface area contributed by atoms with Crippen LogP contribution >= 0.6 is 0 Å². The zero-order valence-corrected chi connectivity index (χ0v) is 16.5. The number of aromatic nitrogens is 4. The molecule has 0 radical (unpaired) electrons. The largest absolute Gasteiger partial charge is 0.361 e. The molecule has 0 spiro atoms. The molecule has 142 valence electrons. The summed E-state index contributed by atoms with van der Waals surface area (Å²) in [5, 5.41) is 5.21. The lowest BCUT2D eigenvalue weighted by Crippen LogP contribution is -1.95. The monoisotopic (exact) mass is 380 g/mol. The summed E-state index contributed by atoms with van der Waals surface area (Å²) < 4.78 is 7.62. The minimum absolute atomic E-state index is 0.768. The van der Waals surface area contributed by atoms with Crippen LogP contribution in [0.4, 0.5) is 0 Å². The summed E-state index contributed by atoms with van der Waals surface area (Å²) in [4.78, 5) is 9.34. The second-order valence-corrected chi connectivity index (χ2v) is 7.18. The third-order valence-corrected chi connectivity index (χ3v) is 5.33. The molecule has 5 rings (SSSR count). The molecule has 0 aliphatic rings. The molecule has 0 fully saturated rings. The first-order valence-electron chi connectivity index (χ1n) is 9.53. The van der Waals surface area contributed by atoms with Crippen molar-refractivity contribution >= 4 is 10.9 Å². The van der Waals surface area contributed by atoms with Gasteiger partial charge < -0.3 is 9.09 Å². The smallest absolute Gasteiger partial charge is 0.143 e. The van der Waals surface area contributed by atoms with Crippen molar-refractivity contribution in [2.75, 3.05) is 0 Å². The molecule has 4 heterocycles. The van der Waals surface area contributed by atoms with Crippen LogP contribution in [0, 0.1) is 13.8 Å². The quantitative estimate of drug-likeness (QED) is 0.410. The van der Waals surface area contributed by atoms with Gasteiger partial charge >= 0.3 is 0 Å². The highest BCUT2D eigenvalue weighted by Gasteiger charge is 2.19. The first kappa shape index (κ1) is 17.4. The molecule has 0 amide bonds. The predicted octanol–water partition coefficient (Wildman–Crippen LogP) is 5.57. The molecule has 0 N–H and O–H groups in total. The number of hydrogen-bond acceptors (Lipinski definition) is 4. The third-order valence-electron chi connectivity index (χ3n) is 5.33. The summed E-state index contributed by atoms with van der Waals surface area (Å²) in [7, 11) is 2.09. The first-order chi connectivity index (χ1) is 14.1. The first-order valence-corrected chi connectivity index (χ1v) is 9.53. The number of aryl methyl sites for hydroxylation is 3. The van der Waals surface area contributed by atoms with Crippen molar-refractivity contribution in [3.05, 3.63) is 78.4 Å². The molecule has 5 aromatic rings. The van der Waals surface area contributed by atoms with Crippen molar-refractivity contribution in [2.45, 2.75) is 13.8 Å². The predicted molar refractivity (Wildman–Crippen MR) is 114 cm³/mol. The minimum Gasteiger partial charge on any atom is -0.361 e. The molecule has 5 heteroatoms. The molecule has 0 saturated heterocycles. The highest BCUT2D eigenvalue weighted by molar-refractivity contribution is 5.99. The van der Waals surface area contributed by atoms with Gasteiger partial charge in [0.05, 0.1) is 28.2 Å². The van der Waals surface area contributed by atoms with Crippen LogP contribution in [-0.4, -0.2) is 19.7 Å². The minimum atomic E-state index is 0.768. The second-order valence-electron chi connectivity index (χ2n) is 7.18. The second kappa shape index (κ2) is 6.71. The van der Waals surface area contributed by atoms with E-state index in [1.165, 1.54) is 5.56 Å². The van der Waals surface area contributed by atoms with E-state index in [-0.39, 0.29) is 0 Å². The Morgan fingerprint density at radius 1 is 0.931 bits per heavy atom. The highest BCUT2D eigenvalue weighted by Crippen LogP contribution is 2.37. The van der Waals surface area contributed by atoms with Crippen LogP contribution in [0.25, 0.3) is 44.7 Å². The fourth-order valence-electron chi connectivity index (χ4n) is 3.91. The van der Waals surface area contributed by atoms with Gasteiger partial charge in [0.1, 0.15) is 5.76 Å². The lowest BCUT2D eigenvalue weighted by Gasteiger charge is -2.09. The molecule has 0 unspecified atom stereocenters. The van der Waals surface area contributed by atoms with Gasteiger partial charge in [-0.1, -0.05) is 35.5 Å². The van der Waals surface area contributed by atoms with E-state index in [4.69, 9.17) is 9.51 Å². The molecular weight excluding hydrogens is 360 g/mol. The Kier molecular flexibility index (Phi) is 4.02. The Hall–Kier alpha value is -3.73. The van der Waals surface area contributed by atoms with Gasteiger partial charge in [0.15, 0.2) is 0 Å². The number of pyridine rings is 2. The Balaban J connectivity index is 1.85. The summed E-state index contributed by atoms with van der Waals surface area (Å²) >= 11 is 0. The van der Waals surface area contributed by atoms with Crippen molar-refractivity contribution in [3.63, 3.8) is 0 Å². The topological polar surface area (TPSA) is 56.7 Å². The van der Waals surface area contributed by atoms with Crippen LogP contribution in [-0.2, 0) is 7.05 Å². The van der Waals surface area contributed by atoms with Crippen LogP contribution in [0.5, 0.6) is 0 Å². The zero-order chi connectivity index (χ0) is 20.0. The number of rotatable bonds is 3. The number of nitrogens with zero attached hydrogens (tertiary/aromatic N) is 4. The van der Waals surface area contributed by atoms with Crippen LogP contribution in [0.15, 0.2) is 71.5 Å². The number of hydrogen-bond donors (Lipinski definition) is 0. The molecule has 0 aliphatic heterocycles. The summed E-state index contributed by atoms with van der Waals surface area (Å²) in [6, 6.07) is 18.7. The van der Waals surface area contributed by atoms with Crippen LogP contribution in [0.1, 0.15) is 11.5 Å². The van der Waals surface area contributed by atoms with Crippen molar-refractivity contribution in [2.24, 2.45) is 7.05 Å². The van der Waals surface area contributed by atoms with E-state index in [1.54, 1.807) is 6.20 Å². The van der Waals surface area contributed by atoms with E-state index in [0.29, 0.717) is 0 Å². The molecule has 0 aliphatic carbocycles. The maximum absolute atomic E-state index is 5.40. The Bertz CT molecular complexity index is 1300. The van der Waals surface area contributed by atoms with Crippen molar-refractivity contribution in [1.29, 1.82) is 0 Å². The maximum Gasteiger partial charge on any atom is 0.143 e. The third kappa shape index (κ3) is 2.83. The van der Waals surface area contributed by atoms with Crippen molar-refractivity contribution < 1.29 is 4.52 Å². The van der Waals surface area contributed by atoms with E-state index < -0.39 is 0 Å². The van der Waals surface area contributed by atoms with E-state index in [0.717, 1.165) is 50.6 Å². The normalized spacial score (nSPS) is 11.3. The van der Waals surface area contributed by atoms with Gasteiger partial charge in [-0.05, 0) is 43.7 Å². The molecule has 1 aromatic carbocycles. The molecule has 29 heavy (non-hydrogen) atoms. The van der Waals surface area contributed by atoms with Gasteiger partial charge in [0.25, 0.3) is 0 Å². The van der Waals surface area contributed by atoms with E-state index in [1.807, 2.05) is 38.2 Å².